The Morgan fingerprint density at radius 2 is 1.04 bits per heavy atom. The number of nitrogens with zero attached hydrogens (tertiary/aromatic N) is 5. The predicted octanol–water partition coefficient (Wildman–Crippen LogP) is 9.26. The van der Waals surface area contributed by atoms with E-state index in [-0.39, 0.29) is 17.0 Å². The Morgan fingerprint density at radius 3 is 1.54 bits per heavy atom. The summed E-state index contributed by atoms with van der Waals surface area (Å²) >= 11 is 29.2. The second-order valence-electron chi connectivity index (χ2n) is 9.15. The normalized spacial score (nSPS) is 10.2. The average Bonchev–Trinajstić information content (AvgIpc) is 2.97. The van der Waals surface area contributed by atoms with Gasteiger partial charge < -0.3 is 16.0 Å². The number of halogens is 5. The molecule has 0 fully saturated rings. The first kappa shape index (κ1) is 34.4. The number of benzene rings is 2. The van der Waals surface area contributed by atoms with Crippen molar-refractivity contribution in [2.45, 2.75) is 13.8 Å². The minimum Gasteiger partial charge on any atom is -0.340 e. The summed E-state index contributed by atoms with van der Waals surface area (Å²) in [5.74, 6) is 0.834. The molecule has 3 heterocycles. The number of hydrogen-bond acceptors (Lipinski definition) is 8. The molecule has 236 valence electrons. The fraction of sp³-hybridized carbons (Fsp3) is 0.0690. The van der Waals surface area contributed by atoms with Gasteiger partial charge in [-0.1, -0.05) is 58.0 Å². The summed E-state index contributed by atoms with van der Waals surface area (Å²) in [5, 5.41) is 15.2. The van der Waals surface area contributed by atoms with E-state index < -0.39 is 12.1 Å². The van der Waals surface area contributed by atoms with E-state index in [0.29, 0.717) is 48.7 Å². The van der Waals surface area contributed by atoms with E-state index in [9.17, 15) is 9.59 Å². The second kappa shape index (κ2) is 16.2. The van der Waals surface area contributed by atoms with Crippen LogP contribution in [0.4, 0.5) is 44.4 Å². The quantitative estimate of drug-likeness (QED) is 0.109. The van der Waals surface area contributed by atoms with Gasteiger partial charge in [0.25, 0.3) is 0 Å². The Balaban J connectivity index is 0.000000216. The molecule has 3 aromatic heterocycles. The first-order valence-corrected chi connectivity index (χ1v) is 14.9. The zero-order valence-corrected chi connectivity index (χ0v) is 27.7. The Kier molecular flexibility index (Phi) is 12.1. The highest BCUT2D eigenvalue weighted by Crippen LogP contribution is 2.26. The minimum atomic E-state index is -0.509. The van der Waals surface area contributed by atoms with Gasteiger partial charge in [-0.15, -0.1) is 0 Å². The topological polar surface area (TPSA) is 159 Å². The molecule has 0 unspecified atom stereocenters. The fourth-order valence-electron chi connectivity index (χ4n) is 3.53. The van der Waals surface area contributed by atoms with E-state index in [2.05, 4.69) is 51.5 Å². The molecular weight excluding hydrogens is 698 g/mol. The third-order valence-electron chi connectivity index (χ3n) is 5.44. The van der Waals surface area contributed by atoms with Crippen molar-refractivity contribution in [3.63, 3.8) is 0 Å². The van der Waals surface area contributed by atoms with Gasteiger partial charge in [0, 0.05) is 46.9 Å². The van der Waals surface area contributed by atoms with Gasteiger partial charge in [0.15, 0.2) is 0 Å². The lowest BCUT2D eigenvalue weighted by Gasteiger charge is -2.10. The van der Waals surface area contributed by atoms with Gasteiger partial charge >= 0.3 is 12.1 Å². The van der Waals surface area contributed by atoms with E-state index in [0.717, 1.165) is 5.69 Å². The van der Waals surface area contributed by atoms with Crippen LogP contribution in [-0.4, -0.2) is 37.0 Å². The Hall–Kier alpha value is -4.46. The summed E-state index contributed by atoms with van der Waals surface area (Å²) in [4.78, 5) is 44.3. The standard InChI is InChI=1S/C17H14Cl2N6O.C12H9Cl3N4O/c1-10-8-15(22-11-4-6-20-7-5-11)24-16(21-10)25-17(26)23-12-2-3-13(18)14(19)9-12;1-6-4-10(15)18-11(16-6)19-12(20)17-7-2-3-8(13)9(14)5-7/h2-9H,1H3,(H3,20,21,22,23,24,25,26);2-5H,1H3,(H2,16,17,18,19,20). The van der Waals surface area contributed by atoms with Gasteiger partial charge in [0.1, 0.15) is 11.0 Å². The van der Waals surface area contributed by atoms with Crippen molar-refractivity contribution in [2.75, 3.05) is 26.6 Å². The summed E-state index contributed by atoms with van der Waals surface area (Å²) < 4.78 is 0. The maximum Gasteiger partial charge on any atom is 0.326 e. The maximum atomic E-state index is 12.2. The highest BCUT2D eigenvalue weighted by Gasteiger charge is 2.10. The molecule has 17 heteroatoms. The number of nitrogens with one attached hydrogen (secondary N) is 5. The molecule has 0 saturated heterocycles. The van der Waals surface area contributed by atoms with Gasteiger partial charge in [0.2, 0.25) is 11.9 Å². The predicted molar refractivity (Wildman–Crippen MR) is 184 cm³/mol. The zero-order valence-electron chi connectivity index (χ0n) is 23.9. The van der Waals surface area contributed by atoms with Crippen LogP contribution in [0.2, 0.25) is 25.2 Å². The molecule has 0 aliphatic rings. The number of carbonyl (C=O) groups excluding carboxylic acids is 2. The van der Waals surface area contributed by atoms with Gasteiger partial charge in [-0.3, -0.25) is 15.6 Å². The van der Waals surface area contributed by atoms with Crippen molar-refractivity contribution in [3.05, 3.63) is 110 Å². The van der Waals surface area contributed by atoms with Crippen LogP contribution in [0.25, 0.3) is 0 Å². The average molecular weight is 721 g/mol. The van der Waals surface area contributed by atoms with Crippen molar-refractivity contribution >= 4 is 105 Å². The molecule has 0 aliphatic heterocycles. The van der Waals surface area contributed by atoms with Gasteiger partial charge in [-0.25, -0.2) is 24.5 Å². The summed E-state index contributed by atoms with van der Waals surface area (Å²) in [6.45, 7) is 3.55. The number of anilines is 6. The summed E-state index contributed by atoms with van der Waals surface area (Å²) in [7, 11) is 0. The fourth-order valence-corrected chi connectivity index (χ4v) is 4.37. The molecule has 4 amide bonds. The number of rotatable bonds is 6. The first-order valence-electron chi connectivity index (χ1n) is 13.0. The molecule has 46 heavy (non-hydrogen) atoms. The van der Waals surface area contributed by atoms with Crippen molar-refractivity contribution in [2.24, 2.45) is 0 Å². The highest BCUT2D eigenvalue weighted by atomic mass is 35.5. The molecule has 5 aromatic rings. The Bertz CT molecular complexity index is 1840. The SMILES string of the molecule is Cc1cc(Cl)nc(NC(=O)Nc2ccc(Cl)c(Cl)c2)n1.Cc1cc(Nc2ccncc2)nc(NC(=O)Nc2ccc(Cl)c(Cl)c2)n1. The van der Waals surface area contributed by atoms with Gasteiger partial charge in [-0.05, 0) is 68.4 Å². The summed E-state index contributed by atoms with van der Waals surface area (Å²) in [6.07, 6.45) is 3.33. The molecule has 0 radical (unpaired) electrons. The largest absolute Gasteiger partial charge is 0.340 e. The van der Waals surface area contributed by atoms with Crippen LogP contribution in [0.3, 0.4) is 0 Å². The molecule has 2 aromatic carbocycles. The van der Waals surface area contributed by atoms with Crippen molar-refractivity contribution in [1.82, 2.24) is 24.9 Å². The van der Waals surface area contributed by atoms with Crippen molar-refractivity contribution in [1.29, 1.82) is 0 Å². The number of aromatic nitrogens is 5. The van der Waals surface area contributed by atoms with Crippen LogP contribution >= 0.6 is 58.0 Å². The second-order valence-corrected chi connectivity index (χ2v) is 11.2. The minimum absolute atomic E-state index is 0.118. The Labute approximate surface area is 288 Å². The van der Waals surface area contributed by atoms with Crippen molar-refractivity contribution in [3.8, 4) is 0 Å². The van der Waals surface area contributed by atoms with Crippen LogP contribution in [0.15, 0.2) is 73.1 Å². The van der Waals surface area contributed by atoms with E-state index in [1.807, 2.05) is 19.1 Å². The first-order chi connectivity index (χ1) is 21.9. The van der Waals surface area contributed by atoms with E-state index in [1.54, 1.807) is 61.8 Å². The van der Waals surface area contributed by atoms with Crippen LogP contribution in [0, 0.1) is 13.8 Å². The summed E-state index contributed by atoms with van der Waals surface area (Å²) in [5.41, 5.74) is 3.16. The number of pyridine rings is 1. The number of hydrogen-bond donors (Lipinski definition) is 5. The molecule has 0 aliphatic carbocycles. The zero-order chi connectivity index (χ0) is 33.2. The van der Waals surface area contributed by atoms with E-state index in [1.165, 1.54) is 6.07 Å². The van der Waals surface area contributed by atoms with Gasteiger partial charge in [0.05, 0.1) is 20.1 Å². The molecule has 12 nitrogen and oxygen atoms in total. The Morgan fingerprint density at radius 1 is 0.543 bits per heavy atom. The lowest BCUT2D eigenvalue weighted by atomic mass is 10.3. The third-order valence-corrected chi connectivity index (χ3v) is 7.11. The number of carbonyl (C=O) groups is 2. The molecule has 0 spiro atoms. The van der Waals surface area contributed by atoms with Crippen molar-refractivity contribution < 1.29 is 9.59 Å². The smallest absolute Gasteiger partial charge is 0.326 e. The lowest BCUT2D eigenvalue weighted by molar-refractivity contribution is 0.261. The van der Waals surface area contributed by atoms with E-state index in [4.69, 9.17) is 58.0 Å². The van der Waals surface area contributed by atoms with Gasteiger partial charge in [-0.2, -0.15) is 4.98 Å². The summed E-state index contributed by atoms with van der Waals surface area (Å²) in [6, 6.07) is 15.5. The number of amides is 4. The number of urea groups is 2. The molecular formula is C29H23Cl5N10O2. The monoisotopic (exact) mass is 718 g/mol. The lowest BCUT2D eigenvalue weighted by Crippen LogP contribution is -2.21. The number of aryl methyl sites for hydroxylation is 2. The molecule has 5 N–H and O–H groups in total. The molecule has 0 saturated carbocycles. The third kappa shape index (κ3) is 10.9. The highest BCUT2D eigenvalue weighted by molar-refractivity contribution is 6.42. The van der Waals surface area contributed by atoms with Crippen LogP contribution in [-0.2, 0) is 0 Å². The van der Waals surface area contributed by atoms with Crippen LogP contribution in [0.1, 0.15) is 11.4 Å². The maximum absolute atomic E-state index is 12.2. The molecule has 0 atom stereocenters. The molecule has 0 bridgehead atoms. The molecule has 5 rings (SSSR count). The van der Waals surface area contributed by atoms with Crippen LogP contribution in [0.5, 0.6) is 0 Å². The van der Waals surface area contributed by atoms with E-state index >= 15 is 0 Å². The van der Waals surface area contributed by atoms with Crippen LogP contribution < -0.4 is 26.6 Å².